The molecule has 2 aromatic rings. The van der Waals surface area contributed by atoms with Crippen molar-refractivity contribution in [1.82, 2.24) is 0 Å². The second kappa shape index (κ2) is 7.31. The van der Waals surface area contributed by atoms with Gasteiger partial charge in [0.2, 0.25) is 0 Å². The first-order valence-corrected chi connectivity index (χ1v) is 11.3. The molecular formula is C23H30OSi. The standard InChI is InChI=1S/C23H30OSi/c1-19-12-11-13-20(19)18-24-25(23(2,3)4,21-14-7-5-8-15-21)22-16-9-6-10-17-22/h5-12,14-17,19-20H,13,18H2,1-4H3/t19-,20+/m1/s1. The number of hydrogen-bond donors (Lipinski definition) is 0. The van der Waals surface area contributed by atoms with Crippen LogP contribution in [0.3, 0.4) is 0 Å². The molecule has 2 aromatic carbocycles. The third-order valence-electron chi connectivity index (χ3n) is 5.55. The molecule has 0 fully saturated rings. The summed E-state index contributed by atoms with van der Waals surface area (Å²) in [5.41, 5.74) is 0. The first kappa shape index (κ1) is 18.2. The molecule has 0 unspecified atom stereocenters. The number of allylic oxidation sites excluding steroid dienone is 2. The summed E-state index contributed by atoms with van der Waals surface area (Å²) >= 11 is 0. The fraction of sp³-hybridized carbons (Fsp3) is 0.391. The smallest absolute Gasteiger partial charge is 0.261 e. The van der Waals surface area contributed by atoms with Crippen molar-refractivity contribution in [3.63, 3.8) is 0 Å². The molecule has 0 spiro atoms. The molecule has 0 radical (unpaired) electrons. The van der Waals surface area contributed by atoms with Crippen LogP contribution in [0, 0.1) is 11.8 Å². The Morgan fingerprint density at radius 1 is 0.920 bits per heavy atom. The molecule has 0 saturated heterocycles. The summed E-state index contributed by atoms with van der Waals surface area (Å²) in [5, 5.41) is 2.80. The number of benzene rings is 2. The van der Waals surface area contributed by atoms with Crippen LogP contribution >= 0.6 is 0 Å². The molecule has 0 bridgehead atoms. The second-order valence-corrected chi connectivity index (χ2v) is 12.6. The van der Waals surface area contributed by atoms with E-state index in [0.29, 0.717) is 11.8 Å². The van der Waals surface area contributed by atoms with E-state index < -0.39 is 8.32 Å². The van der Waals surface area contributed by atoms with Crippen molar-refractivity contribution in [2.24, 2.45) is 11.8 Å². The van der Waals surface area contributed by atoms with Crippen LogP contribution in [-0.2, 0) is 4.43 Å². The fourth-order valence-electron chi connectivity index (χ4n) is 4.05. The van der Waals surface area contributed by atoms with Crippen LogP contribution in [0.1, 0.15) is 34.1 Å². The van der Waals surface area contributed by atoms with Gasteiger partial charge in [-0.15, -0.1) is 0 Å². The van der Waals surface area contributed by atoms with Crippen molar-refractivity contribution in [2.75, 3.05) is 6.61 Å². The van der Waals surface area contributed by atoms with Gasteiger partial charge in [-0.05, 0) is 33.7 Å². The van der Waals surface area contributed by atoms with Crippen LogP contribution in [-0.4, -0.2) is 14.9 Å². The molecule has 0 amide bonds. The Bertz CT molecular complexity index is 660. The predicted octanol–water partition coefficient (Wildman–Crippen LogP) is 4.78. The van der Waals surface area contributed by atoms with E-state index in [9.17, 15) is 0 Å². The molecule has 1 nitrogen and oxygen atoms in total. The highest BCUT2D eigenvalue weighted by Crippen LogP contribution is 2.38. The van der Waals surface area contributed by atoms with Crippen molar-refractivity contribution >= 4 is 18.7 Å². The normalized spacial score (nSPS) is 20.8. The zero-order valence-corrected chi connectivity index (χ0v) is 16.9. The molecule has 1 aliphatic carbocycles. The minimum Gasteiger partial charge on any atom is -0.407 e. The highest BCUT2D eigenvalue weighted by molar-refractivity contribution is 6.99. The molecule has 0 aromatic heterocycles. The minimum absolute atomic E-state index is 0.0605. The van der Waals surface area contributed by atoms with Crippen LogP contribution in [0.4, 0.5) is 0 Å². The highest BCUT2D eigenvalue weighted by Gasteiger charge is 2.50. The molecule has 0 aliphatic heterocycles. The summed E-state index contributed by atoms with van der Waals surface area (Å²) in [6, 6.07) is 21.8. The molecule has 2 heteroatoms. The lowest BCUT2D eigenvalue weighted by Crippen LogP contribution is -2.67. The SMILES string of the molecule is C[C@@H]1C=CC[C@H]1CO[Si](c1ccccc1)(c1ccccc1)C(C)(C)C. The van der Waals surface area contributed by atoms with Gasteiger partial charge >= 0.3 is 0 Å². The van der Waals surface area contributed by atoms with E-state index in [-0.39, 0.29) is 5.04 Å². The topological polar surface area (TPSA) is 9.23 Å². The van der Waals surface area contributed by atoms with Crippen LogP contribution in [0.2, 0.25) is 5.04 Å². The van der Waals surface area contributed by atoms with Crippen LogP contribution in [0.5, 0.6) is 0 Å². The zero-order chi connectivity index (χ0) is 17.9. The van der Waals surface area contributed by atoms with Crippen LogP contribution in [0.15, 0.2) is 72.8 Å². The van der Waals surface area contributed by atoms with Gasteiger partial charge in [-0.2, -0.15) is 0 Å². The third kappa shape index (κ3) is 3.51. The quantitative estimate of drug-likeness (QED) is 0.557. The van der Waals surface area contributed by atoms with Crippen molar-refractivity contribution in [3.05, 3.63) is 72.8 Å². The fourth-order valence-corrected chi connectivity index (χ4v) is 8.67. The molecule has 2 atom stereocenters. The lowest BCUT2D eigenvalue weighted by molar-refractivity contribution is 0.217. The molecule has 1 aliphatic rings. The minimum atomic E-state index is -2.37. The van der Waals surface area contributed by atoms with Crippen molar-refractivity contribution in [2.45, 2.75) is 39.2 Å². The Morgan fingerprint density at radius 2 is 1.44 bits per heavy atom. The highest BCUT2D eigenvalue weighted by atomic mass is 28.4. The summed E-state index contributed by atoms with van der Waals surface area (Å²) < 4.78 is 7.02. The Labute approximate surface area is 153 Å². The van der Waals surface area contributed by atoms with Gasteiger partial charge in [-0.1, -0.05) is 101 Å². The maximum atomic E-state index is 7.02. The maximum Gasteiger partial charge on any atom is 0.261 e. The summed E-state index contributed by atoms with van der Waals surface area (Å²) in [5.74, 6) is 1.21. The molecule has 132 valence electrons. The number of rotatable bonds is 5. The van der Waals surface area contributed by atoms with Crippen LogP contribution in [0.25, 0.3) is 0 Å². The van der Waals surface area contributed by atoms with E-state index in [2.05, 4.69) is 101 Å². The summed E-state index contributed by atoms with van der Waals surface area (Å²) in [6.07, 6.45) is 5.78. The van der Waals surface area contributed by atoms with E-state index in [1.807, 2.05) is 0 Å². The van der Waals surface area contributed by atoms with Crippen LogP contribution < -0.4 is 10.4 Å². The summed E-state index contributed by atoms with van der Waals surface area (Å²) in [7, 11) is -2.37. The average Bonchev–Trinajstić information content (AvgIpc) is 3.01. The van der Waals surface area contributed by atoms with Gasteiger partial charge in [0.25, 0.3) is 8.32 Å². The van der Waals surface area contributed by atoms with Crippen molar-refractivity contribution in [1.29, 1.82) is 0 Å². The Hall–Kier alpha value is -1.64. The molecule has 25 heavy (non-hydrogen) atoms. The Morgan fingerprint density at radius 3 is 1.84 bits per heavy atom. The second-order valence-electron chi connectivity index (χ2n) is 8.26. The summed E-state index contributed by atoms with van der Waals surface area (Å²) in [4.78, 5) is 0. The van der Waals surface area contributed by atoms with Gasteiger partial charge < -0.3 is 4.43 Å². The predicted molar refractivity (Wildman–Crippen MR) is 110 cm³/mol. The molecule has 3 rings (SSSR count). The van der Waals surface area contributed by atoms with Gasteiger partial charge in [0, 0.05) is 6.61 Å². The molecule has 0 heterocycles. The van der Waals surface area contributed by atoms with Gasteiger partial charge in [0.1, 0.15) is 0 Å². The van der Waals surface area contributed by atoms with E-state index >= 15 is 0 Å². The van der Waals surface area contributed by atoms with E-state index in [1.54, 1.807) is 0 Å². The van der Waals surface area contributed by atoms with E-state index in [4.69, 9.17) is 4.43 Å². The monoisotopic (exact) mass is 350 g/mol. The van der Waals surface area contributed by atoms with Gasteiger partial charge in [0.05, 0.1) is 0 Å². The first-order valence-electron chi connectivity index (χ1n) is 9.37. The zero-order valence-electron chi connectivity index (χ0n) is 15.9. The average molecular weight is 351 g/mol. The largest absolute Gasteiger partial charge is 0.407 e. The number of hydrogen-bond acceptors (Lipinski definition) is 1. The summed E-state index contributed by atoms with van der Waals surface area (Å²) in [6.45, 7) is 10.2. The van der Waals surface area contributed by atoms with E-state index in [1.165, 1.54) is 10.4 Å². The maximum absolute atomic E-state index is 7.02. The lowest BCUT2D eigenvalue weighted by atomic mass is 9.99. The molecule has 0 N–H and O–H groups in total. The van der Waals surface area contributed by atoms with Gasteiger partial charge in [-0.3, -0.25) is 0 Å². The van der Waals surface area contributed by atoms with Crippen molar-refractivity contribution < 1.29 is 4.43 Å². The Balaban J connectivity index is 2.05. The molecular weight excluding hydrogens is 320 g/mol. The third-order valence-corrected chi connectivity index (χ3v) is 10.6. The molecule has 0 saturated carbocycles. The van der Waals surface area contributed by atoms with Gasteiger partial charge in [-0.25, -0.2) is 0 Å². The lowest BCUT2D eigenvalue weighted by Gasteiger charge is -2.43. The first-order chi connectivity index (χ1) is 11.9. The van der Waals surface area contributed by atoms with Gasteiger partial charge in [0.15, 0.2) is 0 Å². The van der Waals surface area contributed by atoms with E-state index in [0.717, 1.165) is 13.0 Å². The Kier molecular flexibility index (Phi) is 5.31. The van der Waals surface area contributed by atoms with Crippen molar-refractivity contribution in [3.8, 4) is 0 Å².